The molecule has 1 aromatic heterocycles. The summed E-state index contributed by atoms with van der Waals surface area (Å²) in [5.41, 5.74) is 5.62. The summed E-state index contributed by atoms with van der Waals surface area (Å²) >= 11 is 0. The van der Waals surface area contributed by atoms with Gasteiger partial charge in [0.2, 0.25) is 0 Å². The van der Waals surface area contributed by atoms with Gasteiger partial charge in [-0.25, -0.2) is 4.68 Å². The van der Waals surface area contributed by atoms with Gasteiger partial charge in [0, 0.05) is 17.3 Å². The number of carbonyl (C=O) groups is 1. The highest BCUT2D eigenvalue weighted by Crippen LogP contribution is 2.33. The zero-order valence-electron chi connectivity index (χ0n) is 18.5. The van der Waals surface area contributed by atoms with Gasteiger partial charge in [0.15, 0.2) is 0 Å². The number of ether oxygens (including phenoxy) is 2. The number of carbonyl (C=O) groups excluding carboxylic acids is 1. The molecule has 6 nitrogen and oxygen atoms in total. The van der Waals surface area contributed by atoms with Gasteiger partial charge in [-0.3, -0.25) is 4.79 Å². The highest BCUT2D eigenvalue weighted by molar-refractivity contribution is 6.04. The fourth-order valence-electron chi connectivity index (χ4n) is 3.46. The van der Waals surface area contributed by atoms with E-state index in [1.54, 1.807) is 31.0 Å². The fraction of sp³-hybridized carbons (Fsp3) is 0.154. The zero-order chi connectivity index (χ0) is 22.7. The standard InChI is InChI=1S/C26H25N3O3/c1-17-10-11-19(14-18(17)2)27-26(30)24-16-23(28-29(24)20-8-6-5-7-9-20)22-13-12-21(31-3)15-25(22)32-4/h5-16H,1-4H3,(H,27,30). The van der Waals surface area contributed by atoms with Gasteiger partial charge in [-0.2, -0.15) is 5.10 Å². The summed E-state index contributed by atoms with van der Waals surface area (Å²) in [6, 6.07) is 22.7. The van der Waals surface area contributed by atoms with Gasteiger partial charge in [0.05, 0.1) is 25.6 Å². The van der Waals surface area contributed by atoms with Crippen LogP contribution in [0.15, 0.2) is 72.8 Å². The first-order valence-corrected chi connectivity index (χ1v) is 10.3. The number of nitrogens with zero attached hydrogens (tertiary/aromatic N) is 2. The van der Waals surface area contributed by atoms with Gasteiger partial charge in [0.25, 0.3) is 5.91 Å². The molecule has 0 saturated heterocycles. The number of hydrogen-bond acceptors (Lipinski definition) is 4. The minimum absolute atomic E-state index is 0.247. The van der Waals surface area contributed by atoms with E-state index in [2.05, 4.69) is 5.32 Å². The predicted octanol–water partition coefficient (Wildman–Crippen LogP) is 5.43. The molecular formula is C26H25N3O3. The van der Waals surface area contributed by atoms with E-state index in [0.717, 1.165) is 22.5 Å². The molecule has 0 atom stereocenters. The monoisotopic (exact) mass is 427 g/mol. The largest absolute Gasteiger partial charge is 0.497 e. The predicted molar refractivity (Wildman–Crippen MR) is 126 cm³/mol. The van der Waals surface area contributed by atoms with Crippen LogP contribution in [-0.4, -0.2) is 29.9 Å². The molecule has 0 spiro atoms. The molecule has 6 heteroatoms. The molecule has 0 radical (unpaired) electrons. The quantitative estimate of drug-likeness (QED) is 0.446. The molecule has 4 rings (SSSR count). The van der Waals surface area contributed by atoms with E-state index in [1.807, 2.05) is 74.5 Å². The normalized spacial score (nSPS) is 10.6. The van der Waals surface area contributed by atoms with Crippen molar-refractivity contribution in [2.24, 2.45) is 0 Å². The van der Waals surface area contributed by atoms with E-state index in [4.69, 9.17) is 14.6 Å². The molecule has 1 N–H and O–H groups in total. The number of aromatic nitrogens is 2. The lowest BCUT2D eigenvalue weighted by atomic mass is 10.1. The number of methoxy groups -OCH3 is 2. The first kappa shape index (κ1) is 21.2. The summed E-state index contributed by atoms with van der Waals surface area (Å²) in [5, 5.41) is 7.74. The lowest BCUT2D eigenvalue weighted by Crippen LogP contribution is -2.17. The number of rotatable bonds is 6. The Kier molecular flexibility index (Phi) is 5.94. The number of nitrogens with one attached hydrogen (secondary N) is 1. The summed E-state index contributed by atoms with van der Waals surface area (Å²) in [5.74, 6) is 1.05. The lowest BCUT2D eigenvalue weighted by molar-refractivity contribution is 0.101. The number of aryl methyl sites for hydroxylation is 2. The van der Waals surface area contributed by atoms with Crippen molar-refractivity contribution in [3.05, 3.63) is 89.6 Å². The minimum atomic E-state index is -0.247. The minimum Gasteiger partial charge on any atom is -0.497 e. The maximum atomic E-state index is 13.3. The third-order valence-corrected chi connectivity index (χ3v) is 5.39. The van der Waals surface area contributed by atoms with E-state index in [9.17, 15) is 4.79 Å². The Bertz CT molecular complexity index is 1260. The molecule has 1 heterocycles. The van der Waals surface area contributed by atoms with E-state index < -0.39 is 0 Å². The molecule has 1 amide bonds. The molecule has 32 heavy (non-hydrogen) atoms. The second-order valence-electron chi connectivity index (χ2n) is 7.48. The highest BCUT2D eigenvalue weighted by atomic mass is 16.5. The molecule has 0 bridgehead atoms. The molecule has 0 aliphatic heterocycles. The molecule has 0 aliphatic carbocycles. The smallest absolute Gasteiger partial charge is 0.274 e. The Balaban J connectivity index is 1.78. The van der Waals surface area contributed by atoms with Crippen LogP contribution >= 0.6 is 0 Å². The van der Waals surface area contributed by atoms with Crippen LogP contribution in [0.1, 0.15) is 21.6 Å². The molecule has 3 aromatic carbocycles. The molecule has 0 aliphatic rings. The van der Waals surface area contributed by atoms with E-state index in [0.29, 0.717) is 22.9 Å². The Morgan fingerprint density at radius 1 is 0.875 bits per heavy atom. The van der Waals surface area contributed by atoms with Crippen molar-refractivity contribution >= 4 is 11.6 Å². The van der Waals surface area contributed by atoms with E-state index in [-0.39, 0.29) is 5.91 Å². The summed E-state index contributed by atoms with van der Waals surface area (Å²) < 4.78 is 12.5. The van der Waals surface area contributed by atoms with Crippen molar-refractivity contribution in [3.63, 3.8) is 0 Å². The van der Waals surface area contributed by atoms with Crippen molar-refractivity contribution in [1.29, 1.82) is 0 Å². The van der Waals surface area contributed by atoms with Crippen LogP contribution < -0.4 is 14.8 Å². The number of para-hydroxylation sites is 1. The van der Waals surface area contributed by atoms with Crippen molar-refractivity contribution in [2.75, 3.05) is 19.5 Å². The van der Waals surface area contributed by atoms with Gasteiger partial charge >= 0.3 is 0 Å². The summed E-state index contributed by atoms with van der Waals surface area (Å²) in [6.07, 6.45) is 0. The maximum absolute atomic E-state index is 13.3. The number of hydrogen-bond donors (Lipinski definition) is 1. The lowest BCUT2D eigenvalue weighted by Gasteiger charge is -2.10. The van der Waals surface area contributed by atoms with E-state index in [1.165, 1.54) is 5.56 Å². The SMILES string of the molecule is COc1ccc(-c2cc(C(=O)Nc3ccc(C)c(C)c3)n(-c3ccccc3)n2)c(OC)c1. The van der Waals surface area contributed by atoms with Crippen molar-refractivity contribution in [3.8, 4) is 28.4 Å². The molecule has 0 fully saturated rings. The topological polar surface area (TPSA) is 65.4 Å². The number of benzene rings is 3. The van der Waals surface area contributed by atoms with Crippen LogP contribution in [0.25, 0.3) is 16.9 Å². The van der Waals surface area contributed by atoms with Crippen LogP contribution in [0.5, 0.6) is 11.5 Å². The Morgan fingerprint density at radius 2 is 1.66 bits per heavy atom. The first-order chi connectivity index (χ1) is 15.5. The summed E-state index contributed by atoms with van der Waals surface area (Å²) in [4.78, 5) is 13.3. The van der Waals surface area contributed by atoms with Crippen LogP contribution in [0, 0.1) is 13.8 Å². The van der Waals surface area contributed by atoms with Gasteiger partial charge in [-0.15, -0.1) is 0 Å². The summed E-state index contributed by atoms with van der Waals surface area (Å²) in [6.45, 7) is 4.06. The molecule has 162 valence electrons. The molecular weight excluding hydrogens is 402 g/mol. The Hall–Kier alpha value is -4.06. The van der Waals surface area contributed by atoms with Crippen molar-refractivity contribution in [2.45, 2.75) is 13.8 Å². The average Bonchev–Trinajstić information content (AvgIpc) is 3.27. The highest BCUT2D eigenvalue weighted by Gasteiger charge is 2.20. The van der Waals surface area contributed by atoms with E-state index >= 15 is 0 Å². The van der Waals surface area contributed by atoms with Crippen LogP contribution in [0.3, 0.4) is 0 Å². The second-order valence-corrected chi connectivity index (χ2v) is 7.48. The molecule has 4 aromatic rings. The fourth-order valence-corrected chi connectivity index (χ4v) is 3.46. The third-order valence-electron chi connectivity index (χ3n) is 5.39. The second kappa shape index (κ2) is 8.98. The first-order valence-electron chi connectivity index (χ1n) is 10.3. The zero-order valence-corrected chi connectivity index (χ0v) is 18.5. The number of amides is 1. The van der Waals surface area contributed by atoms with Gasteiger partial charge < -0.3 is 14.8 Å². The molecule has 0 unspecified atom stereocenters. The maximum Gasteiger partial charge on any atom is 0.274 e. The van der Waals surface area contributed by atoms with Crippen LogP contribution in [0.2, 0.25) is 0 Å². The summed E-state index contributed by atoms with van der Waals surface area (Å²) in [7, 11) is 3.20. The van der Waals surface area contributed by atoms with Crippen LogP contribution in [-0.2, 0) is 0 Å². The Morgan fingerprint density at radius 3 is 2.34 bits per heavy atom. The molecule has 0 saturated carbocycles. The average molecular weight is 428 g/mol. The van der Waals surface area contributed by atoms with Gasteiger partial charge in [-0.1, -0.05) is 24.3 Å². The van der Waals surface area contributed by atoms with Crippen molar-refractivity contribution in [1.82, 2.24) is 9.78 Å². The van der Waals surface area contributed by atoms with Crippen LogP contribution in [0.4, 0.5) is 5.69 Å². The van der Waals surface area contributed by atoms with Crippen molar-refractivity contribution < 1.29 is 14.3 Å². The number of anilines is 1. The Labute approximate surface area is 187 Å². The van der Waals surface area contributed by atoms with Gasteiger partial charge in [-0.05, 0) is 67.4 Å². The van der Waals surface area contributed by atoms with Gasteiger partial charge in [0.1, 0.15) is 17.2 Å². The third kappa shape index (κ3) is 4.21.